The zero-order valence-electron chi connectivity index (χ0n) is 16.4. The third-order valence-electron chi connectivity index (χ3n) is 4.39. The van der Waals surface area contributed by atoms with Crippen LogP contribution in [0.1, 0.15) is 16.7 Å². The maximum Gasteiger partial charge on any atom is 0.408 e. The number of rotatable bonds is 8. The van der Waals surface area contributed by atoms with Crippen LogP contribution in [0.2, 0.25) is 0 Å². The third kappa shape index (κ3) is 6.97. The Balaban J connectivity index is 1.62. The number of carbonyl (C=O) groups is 2. The molecule has 3 aromatic carbocycles. The molecule has 0 heterocycles. The van der Waals surface area contributed by atoms with Gasteiger partial charge in [-0.2, -0.15) is 0 Å². The Morgan fingerprint density at radius 3 is 2.07 bits per heavy atom. The summed E-state index contributed by atoms with van der Waals surface area (Å²) >= 11 is 1.16. The topological polar surface area (TPSA) is 75.6 Å². The van der Waals surface area contributed by atoms with Gasteiger partial charge in [0.2, 0.25) is 5.12 Å². The summed E-state index contributed by atoms with van der Waals surface area (Å²) in [6.07, 6.45) is -0.335. The molecule has 0 unspecified atom stereocenters. The Morgan fingerprint density at radius 1 is 0.833 bits per heavy atom. The Bertz CT molecular complexity index is 946. The number of amides is 1. The predicted octanol–water partition coefficient (Wildman–Crippen LogP) is 4.69. The molecular formula is C24H23NO4S. The number of nitrogens with one attached hydrogen (secondary N) is 1. The Kier molecular flexibility index (Phi) is 7.92. The number of alkyl carbamates (subject to hydrolysis) is 1. The third-order valence-corrected chi connectivity index (χ3v) is 5.44. The van der Waals surface area contributed by atoms with Crippen LogP contribution in [0, 0.1) is 0 Å². The molecule has 0 bridgehead atoms. The van der Waals surface area contributed by atoms with Crippen LogP contribution in [0.15, 0.2) is 84.9 Å². The second kappa shape index (κ2) is 11.1. The molecule has 0 fully saturated rings. The van der Waals surface area contributed by atoms with E-state index in [0.29, 0.717) is 12.2 Å². The summed E-state index contributed by atoms with van der Waals surface area (Å²) in [5.74, 6) is 0.669. The van der Waals surface area contributed by atoms with Crippen molar-refractivity contribution < 1.29 is 19.4 Å². The van der Waals surface area contributed by atoms with Gasteiger partial charge in [-0.05, 0) is 28.8 Å². The van der Waals surface area contributed by atoms with Crippen LogP contribution in [0.3, 0.4) is 0 Å². The minimum Gasteiger partial charge on any atom is -0.508 e. The van der Waals surface area contributed by atoms with Crippen molar-refractivity contribution in [2.45, 2.75) is 24.8 Å². The molecule has 30 heavy (non-hydrogen) atoms. The minimum atomic E-state index is -0.744. The van der Waals surface area contributed by atoms with Crippen LogP contribution < -0.4 is 5.32 Å². The molecule has 0 spiro atoms. The average Bonchev–Trinajstić information content (AvgIpc) is 2.78. The van der Waals surface area contributed by atoms with Crippen LogP contribution >= 0.6 is 11.8 Å². The Morgan fingerprint density at radius 2 is 1.43 bits per heavy atom. The summed E-state index contributed by atoms with van der Waals surface area (Å²) in [7, 11) is 0. The zero-order valence-corrected chi connectivity index (χ0v) is 17.2. The van der Waals surface area contributed by atoms with Gasteiger partial charge in [0.05, 0.1) is 0 Å². The van der Waals surface area contributed by atoms with Crippen molar-refractivity contribution >= 4 is 23.0 Å². The Hall–Kier alpha value is -3.25. The van der Waals surface area contributed by atoms with Crippen molar-refractivity contribution in [2.24, 2.45) is 0 Å². The van der Waals surface area contributed by atoms with E-state index in [1.807, 2.05) is 60.7 Å². The highest BCUT2D eigenvalue weighted by Crippen LogP contribution is 2.18. The molecule has 0 saturated heterocycles. The zero-order chi connectivity index (χ0) is 21.2. The number of carbonyl (C=O) groups excluding carboxylic acids is 2. The summed E-state index contributed by atoms with van der Waals surface area (Å²) in [6, 6.07) is 24.9. The van der Waals surface area contributed by atoms with Crippen LogP contribution in [0.25, 0.3) is 0 Å². The minimum absolute atomic E-state index is 0.129. The van der Waals surface area contributed by atoms with Gasteiger partial charge in [0, 0.05) is 12.2 Å². The molecule has 0 saturated carbocycles. The van der Waals surface area contributed by atoms with Gasteiger partial charge < -0.3 is 15.2 Å². The van der Waals surface area contributed by atoms with Crippen LogP contribution in [0.5, 0.6) is 5.75 Å². The first kappa shape index (κ1) is 21.5. The van der Waals surface area contributed by atoms with Gasteiger partial charge in [-0.25, -0.2) is 4.79 Å². The molecule has 1 amide bonds. The highest BCUT2D eigenvalue weighted by Gasteiger charge is 2.22. The van der Waals surface area contributed by atoms with Gasteiger partial charge in [-0.3, -0.25) is 4.79 Å². The number of phenols is 1. The summed E-state index contributed by atoms with van der Waals surface area (Å²) in [5, 5.41) is 12.0. The first-order chi connectivity index (χ1) is 14.6. The second-order valence-corrected chi connectivity index (χ2v) is 7.70. The molecule has 0 aliphatic rings. The van der Waals surface area contributed by atoms with E-state index >= 15 is 0 Å². The summed E-state index contributed by atoms with van der Waals surface area (Å²) in [5.41, 5.74) is 2.73. The maximum atomic E-state index is 12.8. The SMILES string of the molecule is O=C(N[C@@H](Cc1ccc(O)cc1)C(=O)SCc1ccccc1)OCc1ccccc1. The van der Waals surface area contributed by atoms with Crippen molar-refractivity contribution in [3.05, 3.63) is 102 Å². The first-order valence-corrected chi connectivity index (χ1v) is 10.5. The Labute approximate surface area is 180 Å². The number of hydrogen-bond acceptors (Lipinski definition) is 5. The van der Waals surface area contributed by atoms with Crippen LogP contribution in [0.4, 0.5) is 4.79 Å². The number of thioether (sulfide) groups is 1. The quantitative estimate of drug-likeness (QED) is 0.552. The van der Waals surface area contributed by atoms with E-state index in [1.54, 1.807) is 24.3 Å². The second-order valence-electron chi connectivity index (χ2n) is 6.72. The van der Waals surface area contributed by atoms with E-state index in [9.17, 15) is 14.7 Å². The molecular weight excluding hydrogens is 398 g/mol. The molecule has 0 radical (unpaired) electrons. The molecule has 0 aliphatic heterocycles. The van der Waals surface area contributed by atoms with E-state index in [4.69, 9.17) is 4.74 Å². The lowest BCUT2D eigenvalue weighted by atomic mass is 10.1. The number of phenolic OH excluding ortho intramolecular Hbond substituents is 1. The van der Waals surface area contributed by atoms with Crippen molar-refractivity contribution in [2.75, 3.05) is 0 Å². The number of ether oxygens (including phenoxy) is 1. The summed E-state index contributed by atoms with van der Waals surface area (Å²) < 4.78 is 5.28. The van der Waals surface area contributed by atoms with E-state index in [1.165, 1.54) is 0 Å². The maximum absolute atomic E-state index is 12.8. The molecule has 5 nitrogen and oxygen atoms in total. The highest BCUT2D eigenvalue weighted by molar-refractivity contribution is 8.13. The fourth-order valence-electron chi connectivity index (χ4n) is 2.80. The van der Waals surface area contributed by atoms with Gasteiger partial charge in [0.15, 0.2) is 0 Å². The summed E-state index contributed by atoms with van der Waals surface area (Å²) in [6.45, 7) is 0.129. The lowest BCUT2D eigenvalue weighted by molar-refractivity contribution is -0.112. The fourth-order valence-corrected chi connectivity index (χ4v) is 3.64. The van der Waals surface area contributed by atoms with Crippen molar-refractivity contribution in [3.8, 4) is 5.75 Å². The molecule has 154 valence electrons. The first-order valence-electron chi connectivity index (χ1n) is 9.56. The molecule has 2 N–H and O–H groups in total. The van der Waals surface area contributed by atoms with E-state index in [0.717, 1.165) is 28.5 Å². The molecule has 3 aromatic rings. The van der Waals surface area contributed by atoms with Crippen molar-refractivity contribution in [1.82, 2.24) is 5.32 Å². The van der Waals surface area contributed by atoms with E-state index < -0.39 is 12.1 Å². The molecule has 1 atom stereocenters. The smallest absolute Gasteiger partial charge is 0.408 e. The van der Waals surface area contributed by atoms with Crippen molar-refractivity contribution in [1.29, 1.82) is 0 Å². The molecule has 6 heteroatoms. The van der Waals surface area contributed by atoms with Crippen LogP contribution in [-0.4, -0.2) is 22.4 Å². The largest absolute Gasteiger partial charge is 0.508 e. The molecule has 0 aromatic heterocycles. The van der Waals surface area contributed by atoms with Gasteiger partial charge in [-0.15, -0.1) is 0 Å². The highest BCUT2D eigenvalue weighted by atomic mass is 32.2. The van der Waals surface area contributed by atoms with Gasteiger partial charge in [-0.1, -0.05) is 84.6 Å². The lowest BCUT2D eigenvalue weighted by Crippen LogP contribution is -2.41. The van der Waals surface area contributed by atoms with E-state index in [-0.39, 0.29) is 17.5 Å². The number of aromatic hydroxyl groups is 1. The van der Waals surface area contributed by atoms with Gasteiger partial charge >= 0.3 is 6.09 Å². The molecule has 3 rings (SSSR count). The normalized spacial score (nSPS) is 11.5. The van der Waals surface area contributed by atoms with Gasteiger partial charge in [0.1, 0.15) is 18.4 Å². The van der Waals surface area contributed by atoms with Crippen molar-refractivity contribution in [3.63, 3.8) is 0 Å². The predicted molar refractivity (Wildman–Crippen MR) is 118 cm³/mol. The number of benzene rings is 3. The van der Waals surface area contributed by atoms with E-state index in [2.05, 4.69) is 5.32 Å². The summed E-state index contributed by atoms with van der Waals surface area (Å²) in [4.78, 5) is 25.2. The lowest BCUT2D eigenvalue weighted by Gasteiger charge is -2.17. The number of hydrogen-bond donors (Lipinski definition) is 2. The van der Waals surface area contributed by atoms with Gasteiger partial charge in [0.25, 0.3) is 0 Å². The van der Waals surface area contributed by atoms with Crippen LogP contribution in [-0.2, 0) is 28.3 Å². The standard InChI is InChI=1S/C24H23NO4S/c26-21-13-11-18(12-14-21)15-22(23(27)30-17-20-9-5-2-6-10-20)25-24(28)29-16-19-7-3-1-4-8-19/h1-14,22,26H,15-17H2,(H,25,28)/t22-/m0/s1. The average molecular weight is 422 g/mol. The molecule has 0 aliphatic carbocycles. The monoisotopic (exact) mass is 421 g/mol. The fraction of sp³-hybridized carbons (Fsp3) is 0.167.